The first-order valence-electron chi connectivity index (χ1n) is 6.19. The van der Waals surface area contributed by atoms with Crippen LogP contribution < -0.4 is 5.73 Å². The first-order chi connectivity index (χ1) is 7.74. The predicted octanol–water partition coefficient (Wildman–Crippen LogP) is 2.95. The van der Waals surface area contributed by atoms with E-state index in [1.807, 2.05) is 6.08 Å². The van der Waals surface area contributed by atoms with E-state index in [2.05, 4.69) is 30.0 Å². The zero-order chi connectivity index (χ0) is 12.0. The third-order valence-corrected chi connectivity index (χ3v) is 2.81. The van der Waals surface area contributed by atoms with Gasteiger partial charge in [-0.2, -0.15) is 0 Å². The lowest BCUT2D eigenvalue weighted by atomic mass is 10.1. The molecular weight excluding hydrogens is 198 g/mol. The van der Waals surface area contributed by atoms with Gasteiger partial charge in [0, 0.05) is 13.0 Å². The molecule has 0 aliphatic heterocycles. The van der Waals surface area contributed by atoms with E-state index in [1.165, 1.54) is 19.3 Å². The number of aromatic nitrogens is 2. The highest BCUT2D eigenvalue weighted by molar-refractivity contribution is 5.38. The van der Waals surface area contributed by atoms with Crippen LogP contribution in [0.2, 0.25) is 0 Å². The van der Waals surface area contributed by atoms with E-state index in [4.69, 9.17) is 5.73 Å². The van der Waals surface area contributed by atoms with Crippen LogP contribution in [0.4, 0.5) is 5.82 Å². The molecule has 0 aliphatic rings. The molecule has 90 valence electrons. The van der Waals surface area contributed by atoms with Gasteiger partial charge in [0.05, 0.1) is 5.69 Å². The molecule has 0 aliphatic carbocycles. The van der Waals surface area contributed by atoms with Crippen LogP contribution in [0.5, 0.6) is 0 Å². The van der Waals surface area contributed by atoms with Gasteiger partial charge in [-0.25, -0.2) is 4.98 Å². The van der Waals surface area contributed by atoms with Gasteiger partial charge in [-0.05, 0) is 12.8 Å². The summed E-state index contributed by atoms with van der Waals surface area (Å²) in [5.74, 6) is 1.90. The molecule has 0 unspecified atom stereocenters. The van der Waals surface area contributed by atoms with Gasteiger partial charge in [-0.3, -0.25) is 0 Å². The Morgan fingerprint density at radius 3 is 2.69 bits per heavy atom. The summed E-state index contributed by atoms with van der Waals surface area (Å²) >= 11 is 0. The molecule has 1 heterocycles. The summed E-state index contributed by atoms with van der Waals surface area (Å²) in [6.45, 7) is 8.83. The Kier molecular flexibility index (Phi) is 5.09. The van der Waals surface area contributed by atoms with Gasteiger partial charge in [0.2, 0.25) is 0 Å². The van der Waals surface area contributed by atoms with Crippen LogP contribution in [0.3, 0.4) is 0 Å². The molecule has 0 fully saturated rings. The highest BCUT2D eigenvalue weighted by Gasteiger charge is 2.11. The number of aryl methyl sites for hydroxylation is 2. The van der Waals surface area contributed by atoms with Crippen LogP contribution >= 0.6 is 0 Å². The summed E-state index contributed by atoms with van der Waals surface area (Å²) in [6, 6.07) is 0. The fourth-order valence-electron chi connectivity index (χ4n) is 1.90. The number of nitrogen functional groups attached to an aromatic ring is 1. The average Bonchev–Trinajstić information content (AvgIpc) is 2.58. The molecule has 0 atom stereocenters. The van der Waals surface area contributed by atoms with E-state index in [1.54, 1.807) is 0 Å². The van der Waals surface area contributed by atoms with E-state index in [0.717, 1.165) is 36.7 Å². The summed E-state index contributed by atoms with van der Waals surface area (Å²) in [5, 5.41) is 0. The lowest BCUT2D eigenvalue weighted by Crippen LogP contribution is -2.05. The first kappa shape index (κ1) is 12.8. The van der Waals surface area contributed by atoms with Crippen molar-refractivity contribution in [2.24, 2.45) is 0 Å². The van der Waals surface area contributed by atoms with Gasteiger partial charge in [-0.15, -0.1) is 6.58 Å². The maximum atomic E-state index is 6.10. The third-order valence-electron chi connectivity index (χ3n) is 2.81. The van der Waals surface area contributed by atoms with Crippen LogP contribution in [-0.2, 0) is 19.4 Å². The highest BCUT2D eigenvalue weighted by Crippen LogP contribution is 2.17. The van der Waals surface area contributed by atoms with E-state index < -0.39 is 0 Å². The second-order valence-electron chi connectivity index (χ2n) is 4.07. The molecule has 2 N–H and O–H groups in total. The number of nitrogens with two attached hydrogens (primary N) is 1. The van der Waals surface area contributed by atoms with Crippen LogP contribution in [-0.4, -0.2) is 9.55 Å². The number of anilines is 1. The number of rotatable bonds is 7. The van der Waals surface area contributed by atoms with Gasteiger partial charge in [-0.1, -0.05) is 32.8 Å². The molecule has 16 heavy (non-hydrogen) atoms. The Labute approximate surface area is 98.4 Å². The Balaban J connectivity index is 2.80. The number of allylic oxidation sites excluding steroid dienone is 1. The molecule has 0 saturated heterocycles. The molecule has 1 rings (SSSR count). The molecule has 3 nitrogen and oxygen atoms in total. The van der Waals surface area contributed by atoms with Gasteiger partial charge < -0.3 is 10.3 Å². The monoisotopic (exact) mass is 221 g/mol. The number of hydrogen-bond donors (Lipinski definition) is 1. The molecule has 1 aromatic rings. The van der Waals surface area contributed by atoms with Crippen LogP contribution in [0.1, 0.15) is 44.6 Å². The van der Waals surface area contributed by atoms with Crippen molar-refractivity contribution in [2.45, 2.75) is 52.5 Å². The molecule has 0 aromatic carbocycles. The van der Waals surface area contributed by atoms with E-state index in [0.29, 0.717) is 0 Å². The normalized spacial score (nSPS) is 10.6. The number of unbranched alkanes of at least 4 members (excludes halogenated alkanes) is 2. The second-order valence-corrected chi connectivity index (χ2v) is 4.07. The minimum Gasteiger partial charge on any atom is -0.384 e. The first-order valence-corrected chi connectivity index (χ1v) is 6.19. The summed E-state index contributed by atoms with van der Waals surface area (Å²) in [4.78, 5) is 4.61. The minimum atomic E-state index is 0.760. The lowest BCUT2D eigenvalue weighted by molar-refractivity contribution is 0.709. The van der Waals surface area contributed by atoms with Crippen molar-refractivity contribution in [2.75, 3.05) is 5.73 Å². The zero-order valence-corrected chi connectivity index (χ0v) is 10.5. The SMILES string of the molecule is C=CCn1c(CC)nc(CCCCC)c1N. The summed E-state index contributed by atoms with van der Waals surface area (Å²) in [7, 11) is 0. The maximum Gasteiger partial charge on any atom is 0.127 e. The van der Waals surface area contributed by atoms with Crippen molar-refractivity contribution in [3.05, 3.63) is 24.2 Å². The number of nitrogens with zero attached hydrogens (tertiary/aromatic N) is 2. The molecular formula is C13H23N3. The second kappa shape index (κ2) is 6.36. The topological polar surface area (TPSA) is 43.8 Å². The smallest absolute Gasteiger partial charge is 0.127 e. The summed E-state index contributed by atoms with van der Waals surface area (Å²) in [5.41, 5.74) is 7.16. The van der Waals surface area contributed by atoms with Crippen molar-refractivity contribution >= 4 is 5.82 Å². The predicted molar refractivity (Wildman–Crippen MR) is 69.4 cm³/mol. The van der Waals surface area contributed by atoms with Crippen molar-refractivity contribution in [1.29, 1.82) is 0 Å². The molecule has 0 spiro atoms. The Morgan fingerprint density at radius 1 is 1.38 bits per heavy atom. The van der Waals surface area contributed by atoms with Crippen molar-refractivity contribution in [3.63, 3.8) is 0 Å². The molecule has 0 radical (unpaired) electrons. The van der Waals surface area contributed by atoms with Crippen molar-refractivity contribution < 1.29 is 0 Å². The number of hydrogen-bond acceptors (Lipinski definition) is 2. The Hall–Kier alpha value is -1.25. The largest absolute Gasteiger partial charge is 0.384 e. The summed E-state index contributed by atoms with van der Waals surface area (Å²) < 4.78 is 2.06. The molecule has 0 saturated carbocycles. The van der Waals surface area contributed by atoms with Gasteiger partial charge >= 0.3 is 0 Å². The fraction of sp³-hybridized carbons (Fsp3) is 0.615. The van der Waals surface area contributed by atoms with Gasteiger partial charge in [0.1, 0.15) is 11.6 Å². The minimum absolute atomic E-state index is 0.760. The standard InChI is InChI=1S/C13H23N3/c1-4-7-8-9-11-13(14)16(10-5-2)12(6-3)15-11/h5H,2,4,6-10,14H2,1,3H3. The van der Waals surface area contributed by atoms with E-state index >= 15 is 0 Å². The van der Waals surface area contributed by atoms with E-state index in [9.17, 15) is 0 Å². The molecule has 3 heteroatoms. The van der Waals surface area contributed by atoms with Gasteiger partial charge in [0.25, 0.3) is 0 Å². The maximum absolute atomic E-state index is 6.10. The molecule has 0 bridgehead atoms. The van der Waals surface area contributed by atoms with Gasteiger partial charge in [0.15, 0.2) is 0 Å². The average molecular weight is 221 g/mol. The summed E-state index contributed by atoms with van der Waals surface area (Å²) in [6.07, 6.45) is 7.44. The van der Waals surface area contributed by atoms with Crippen molar-refractivity contribution in [1.82, 2.24) is 9.55 Å². The zero-order valence-electron chi connectivity index (χ0n) is 10.5. The molecule has 0 amide bonds. The Morgan fingerprint density at radius 2 is 2.12 bits per heavy atom. The third kappa shape index (κ3) is 2.87. The van der Waals surface area contributed by atoms with Crippen molar-refractivity contribution in [3.8, 4) is 0 Å². The number of imidazole rings is 1. The van der Waals surface area contributed by atoms with E-state index in [-0.39, 0.29) is 0 Å². The highest BCUT2D eigenvalue weighted by atomic mass is 15.1. The fourth-order valence-corrected chi connectivity index (χ4v) is 1.90. The lowest BCUT2D eigenvalue weighted by Gasteiger charge is -2.05. The quantitative estimate of drug-likeness (QED) is 0.568. The van der Waals surface area contributed by atoms with Crippen LogP contribution in [0, 0.1) is 0 Å². The Bertz CT molecular complexity index is 339. The molecule has 1 aromatic heterocycles. The van der Waals surface area contributed by atoms with Crippen LogP contribution in [0.25, 0.3) is 0 Å². The van der Waals surface area contributed by atoms with Crippen LogP contribution in [0.15, 0.2) is 12.7 Å².